The van der Waals surface area contributed by atoms with E-state index in [1.807, 2.05) is 6.07 Å². The van der Waals surface area contributed by atoms with Gasteiger partial charge >= 0.3 is 0 Å². The lowest BCUT2D eigenvalue weighted by atomic mass is 9.90. The molecule has 1 aliphatic heterocycles. The van der Waals surface area contributed by atoms with Crippen molar-refractivity contribution in [2.24, 2.45) is 0 Å². The third kappa shape index (κ3) is 2.71. The Balaban J connectivity index is 1.92. The van der Waals surface area contributed by atoms with Gasteiger partial charge in [-0.3, -0.25) is 0 Å². The van der Waals surface area contributed by atoms with Crippen LogP contribution in [0.5, 0.6) is 5.75 Å². The number of aromatic nitrogens is 1. The first-order valence-electron chi connectivity index (χ1n) is 8.27. The van der Waals surface area contributed by atoms with E-state index in [2.05, 4.69) is 17.2 Å². The minimum absolute atomic E-state index is 0.0978. The minimum atomic E-state index is -0.421. The summed E-state index contributed by atoms with van der Waals surface area (Å²) in [4.78, 5) is 3.38. The maximum atomic E-state index is 14.0. The molecule has 4 N–H and O–H groups in total. The lowest BCUT2D eigenvalue weighted by Crippen LogP contribution is -2.38. The molecule has 0 radical (unpaired) electrons. The molecule has 1 unspecified atom stereocenters. The van der Waals surface area contributed by atoms with E-state index in [9.17, 15) is 4.39 Å². The van der Waals surface area contributed by atoms with E-state index in [0.717, 1.165) is 34.1 Å². The quantitative estimate of drug-likeness (QED) is 0.546. The molecule has 0 saturated heterocycles. The van der Waals surface area contributed by atoms with Crippen molar-refractivity contribution in [3.05, 3.63) is 56.9 Å². The first-order valence-corrected chi connectivity index (χ1v) is 9.03. The topological polar surface area (TPSA) is 63.1 Å². The summed E-state index contributed by atoms with van der Waals surface area (Å²) >= 11 is 12.3. The molecule has 0 saturated carbocycles. The highest BCUT2D eigenvalue weighted by atomic mass is 35.5. The van der Waals surface area contributed by atoms with Gasteiger partial charge in [0.1, 0.15) is 11.6 Å². The number of halogens is 3. The monoisotopic (exact) mass is 393 g/mol. The fourth-order valence-corrected chi connectivity index (χ4v) is 4.11. The third-order valence-corrected chi connectivity index (χ3v) is 5.48. The average Bonchev–Trinajstić information content (AvgIpc) is 2.94. The van der Waals surface area contributed by atoms with E-state index in [0.29, 0.717) is 16.5 Å². The van der Waals surface area contributed by atoms with E-state index in [-0.39, 0.29) is 17.1 Å². The number of fused-ring (bicyclic) bond motifs is 3. The van der Waals surface area contributed by atoms with Gasteiger partial charge in [0.25, 0.3) is 0 Å². The summed E-state index contributed by atoms with van der Waals surface area (Å²) in [5.74, 6) is 0.109. The van der Waals surface area contributed by atoms with Gasteiger partial charge in [0.15, 0.2) is 0 Å². The Morgan fingerprint density at radius 2 is 1.96 bits per heavy atom. The average molecular weight is 394 g/mol. The molecular weight excluding hydrogens is 376 g/mol. The highest BCUT2D eigenvalue weighted by molar-refractivity contribution is 6.32. The van der Waals surface area contributed by atoms with Crippen molar-refractivity contribution in [2.45, 2.75) is 25.4 Å². The van der Waals surface area contributed by atoms with Crippen LogP contribution in [0.25, 0.3) is 10.9 Å². The van der Waals surface area contributed by atoms with Crippen molar-refractivity contribution in [3.8, 4) is 5.75 Å². The van der Waals surface area contributed by atoms with E-state index in [1.54, 1.807) is 19.2 Å². The molecule has 26 heavy (non-hydrogen) atoms. The lowest BCUT2D eigenvalue weighted by molar-refractivity contribution is 0.414. The Kier molecular flexibility index (Phi) is 4.26. The van der Waals surface area contributed by atoms with Crippen LogP contribution in [-0.4, -0.2) is 18.1 Å². The second-order valence-corrected chi connectivity index (χ2v) is 7.46. The number of H-pyrrole nitrogens is 1. The second-order valence-electron chi connectivity index (χ2n) is 6.65. The molecule has 2 atom stereocenters. The number of nitrogens with two attached hydrogens (primary N) is 1. The van der Waals surface area contributed by atoms with Crippen molar-refractivity contribution in [2.75, 3.05) is 12.8 Å². The molecule has 4 nitrogen and oxygen atoms in total. The summed E-state index contributed by atoms with van der Waals surface area (Å²) in [7, 11) is 1.55. The van der Waals surface area contributed by atoms with Crippen LogP contribution in [0.1, 0.15) is 29.8 Å². The standard InChI is InChI=1S/C19H18Cl2FN3O/c1-8-3-10-9-5-14(22)12(20)6-16(9)25-18(10)19(24-8)11-4-13(21)17(26-2)7-15(11)23/h4-8,19,24-25H,3,23H2,1-2H3/t8?,19-/m0/s1. The highest BCUT2D eigenvalue weighted by Crippen LogP contribution is 2.40. The Labute approximate surface area is 160 Å². The Hall–Kier alpha value is -1.95. The molecule has 2 aromatic carbocycles. The number of ether oxygens (including phenoxy) is 1. The molecule has 0 fully saturated rings. The van der Waals surface area contributed by atoms with Gasteiger partial charge in [-0.2, -0.15) is 0 Å². The molecule has 1 aliphatic rings. The molecular formula is C19H18Cl2FN3O. The smallest absolute Gasteiger partial charge is 0.142 e. The number of hydrogen-bond acceptors (Lipinski definition) is 3. The number of nitrogens with one attached hydrogen (secondary N) is 2. The van der Waals surface area contributed by atoms with Gasteiger partial charge in [0.2, 0.25) is 0 Å². The molecule has 136 valence electrons. The number of hydrogen-bond donors (Lipinski definition) is 3. The zero-order valence-electron chi connectivity index (χ0n) is 14.3. The van der Waals surface area contributed by atoms with Crippen molar-refractivity contribution in [1.29, 1.82) is 0 Å². The largest absolute Gasteiger partial charge is 0.495 e. The first-order chi connectivity index (χ1) is 12.4. The summed E-state index contributed by atoms with van der Waals surface area (Å²) in [6.07, 6.45) is 0.775. The van der Waals surface area contributed by atoms with Crippen LogP contribution >= 0.6 is 23.2 Å². The molecule has 3 aromatic rings. The van der Waals surface area contributed by atoms with Gasteiger partial charge in [0.05, 0.1) is 23.2 Å². The Bertz CT molecular complexity index is 1020. The van der Waals surface area contributed by atoms with Gasteiger partial charge in [0, 0.05) is 34.4 Å². The van der Waals surface area contributed by atoms with Crippen LogP contribution in [0.3, 0.4) is 0 Å². The molecule has 2 heterocycles. The molecule has 0 bridgehead atoms. The van der Waals surface area contributed by atoms with Crippen LogP contribution in [-0.2, 0) is 6.42 Å². The van der Waals surface area contributed by atoms with Crippen LogP contribution in [0, 0.1) is 5.82 Å². The summed E-state index contributed by atoms with van der Waals surface area (Å²) in [5, 5.41) is 4.98. The van der Waals surface area contributed by atoms with Gasteiger partial charge in [-0.25, -0.2) is 4.39 Å². The SMILES string of the molecule is COc1cc(N)c([C@@H]2NC(C)Cc3c2[nH]c2cc(Cl)c(F)cc32)cc1Cl. The Morgan fingerprint density at radius 1 is 1.19 bits per heavy atom. The molecule has 7 heteroatoms. The molecule has 0 spiro atoms. The second kappa shape index (κ2) is 6.34. The molecule has 0 aliphatic carbocycles. The molecule has 1 aromatic heterocycles. The maximum absolute atomic E-state index is 14.0. The fourth-order valence-electron chi connectivity index (χ4n) is 3.70. The van der Waals surface area contributed by atoms with Crippen molar-refractivity contribution >= 4 is 39.8 Å². The molecule has 4 rings (SSSR count). The summed E-state index contributed by atoms with van der Waals surface area (Å²) in [6, 6.07) is 6.64. The highest BCUT2D eigenvalue weighted by Gasteiger charge is 2.30. The summed E-state index contributed by atoms with van der Waals surface area (Å²) in [5.41, 5.74) is 10.5. The normalized spacial score (nSPS) is 19.6. The maximum Gasteiger partial charge on any atom is 0.142 e. The summed E-state index contributed by atoms with van der Waals surface area (Å²) < 4.78 is 19.2. The zero-order valence-corrected chi connectivity index (χ0v) is 15.8. The number of benzene rings is 2. The summed E-state index contributed by atoms with van der Waals surface area (Å²) in [6.45, 7) is 2.09. The van der Waals surface area contributed by atoms with Crippen LogP contribution in [0.15, 0.2) is 24.3 Å². The number of nitrogen functional groups attached to an aromatic ring is 1. The fraction of sp³-hybridized carbons (Fsp3) is 0.263. The minimum Gasteiger partial charge on any atom is -0.495 e. The van der Waals surface area contributed by atoms with Crippen molar-refractivity contribution < 1.29 is 9.13 Å². The van der Waals surface area contributed by atoms with E-state index in [1.165, 1.54) is 6.07 Å². The van der Waals surface area contributed by atoms with Gasteiger partial charge in [-0.05, 0) is 42.7 Å². The van der Waals surface area contributed by atoms with Crippen molar-refractivity contribution in [3.63, 3.8) is 0 Å². The predicted molar refractivity (Wildman–Crippen MR) is 104 cm³/mol. The van der Waals surface area contributed by atoms with Gasteiger partial charge in [-0.15, -0.1) is 0 Å². The van der Waals surface area contributed by atoms with E-state index < -0.39 is 5.82 Å². The number of anilines is 1. The zero-order chi connectivity index (χ0) is 18.6. The number of rotatable bonds is 2. The Morgan fingerprint density at radius 3 is 2.69 bits per heavy atom. The van der Waals surface area contributed by atoms with Gasteiger partial charge in [-0.1, -0.05) is 23.2 Å². The van der Waals surface area contributed by atoms with E-state index in [4.69, 9.17) is 33.7 Å². The van der Waals surface area contributed by atoms with E-state index >= 15 is 0 Å². The van der Waals surface area contributed by atoms with Crippen LogP contribution in [0.4, 0.5) is 10.1 Å². The van der Waals surface area contributed by atoms with Crippen LogP contribution < -0.4 is 15.8 Å². The lowest BCUT2D eigenvalue weighted by Gasteiger charge is -2.30. The predicted octanol–water partition coefficient (Wildman–Crippen LogP) is 4.83. The third-order valence-electron chi connectivity index (χ3n) is 4.90. The number of methoxy groups -OCH3 is 1. The first kappa shape index (κ1) is 17.5. The number of aromatic amines is 1. The van der Waals surface area contributed by atoms with Crippen molar-refractivity contribution in [1.82, 2.24) is 10.3 Å². The molecule has 0 amide bonds. The van der Waals surface area contributed by atoms with Gasteiger partial charge < -0.3 is 20.8 Å². The van der Waals surface area contributed by atoms with Crippen LogP contribution in [0.2, 0.25) is 10.0 Å².